The molecule has 2 aromatic heterocycles. The van der Waals surface area contributed by atoms with Gasteiger partial charge in [0.2, 0.25) is 0 Å². The molecule has 0 radical (unpaired) electrons. The van der Waals surface area contributed by atoms with Crippen LogP contribution in [-0.2, 0) is 0 Å². The molecule has 0 fully saturated rings. The Morgan fingerprint density at radius 1 is 1.37 bits per heavy atom. The van der Waals surface area contributed by atoms with Crippen molar-refractivity contribution in [1.82, 2.24) is 9.88 Å². The van der Waals surface area contributed by atoms with Crippen molar-refractivity contribution in [2.24, 2.45) is 0 Å². The highest BCUT2D eigenvalue weighted by Crippen LogP contribution is 2.35. The lowest BCUT2D eigenvalue weighted by molar-refractivity contribution is 0.0779. The van der Waals surface area contributed by atoms with Gasteiger partial charge in [-0.1, -0.05) is 0 Å². The van der Waals surface area contributed by atoms with E-state index in [4.69, 9.17) is 5.73 Å². The van der Waals surface area contributed by atoms with Crippen molar-refractivity contribution in [3.05, 3.63) is 22.2 Å². The number of thiophene rings is 1. The Kier molecular flexibility index (Phi) is 3.75. The maximum atomic E-state index is 12.4. The first-order valence-electron chi connectivity index (χ1n) is 6.45. The molecular weight excluding hydrogens is 258 g/mol. The third-order valence-electron chi connectivity index (χ3n) is 3.27. The summed E-state index contributed by atoms with van der Waals surface area (Å²) < 4.78 is 0. The zero-order valence-corrected chi connectivity index (χ0v) is 12.6. The molecule has 19 heavy (non-hydrogen) atoms. The molecule has 2 aromatic rings. The van der Waals surface area contributed by atoms with E-state index in [1.54, 1.807) is 4.90 Å². The van der Waals surface area contributed by atoms with Gasteiger partial charge >= 0.3 is 0 Å². The number of pyridine rings is 1. The van der Waals surface area contributed by atoms with E-state index in [2.05, 4.69) is 4.98 Å². The highest BCUT2D eigenvalue weighted by atomic mass is 32.1. The quantitative estimate of drug-likeness (QED) is 0.938. The molecule has 0 saturated heterocycles. The predicted molar refractivity (Wildman–Crippen MR) is 80.8 cm³/mol. The Morgan fingerprint density at radius 3 is 2.58 bits per heavy atom. The van der Waals surface area contributed by atoms with Gasteiger partial charge in [-0.25, -0.2) is 4.98 Å². The second-order valence-corrected chi connectivity index (χ2v) is 5.58. The minimum absolute atomic E-state index is 0.00236. The first-order valence-corrected chi connectivity index (χ1v) is 7.26. The maximum absolute atomic E-state index is 12.4. The molecule has 1 amide bonds. The molecule has 2 N–H and O–H groups in total. The van der Waals surface area contributed by atoms with E-state index in [0.717, 1.165) is 21.5 Å². The van der Waals surface area contributed by atoms with Gasteiger partial charge in [0.25, 0.3) is 5.91 Å². The third-order valence-corrected chi connectivity index (χ3v) is 4.36. The predicted octanol–water partition coefficient (Wildman–Crippen LogP) is 2.98. The summed E-state index contributed by atoms with van der Waals surface area (Å²) in [5.74, 6) is 0.00236. The van der Waals surface area contributed by atoms with Gasteiger partial charge in [0.15, 0.2) is 0 Å². The van der Waals surface area contributed by atoms with Crippen LogP contribution >= 0.6 is 11.3 Å². The number of fused-ring (bicyclic) bond motifs is 1. The van der Waals surface area contributed by atoms with Crippen molar-refractivity contribution in [3.8, 4) is 0 Å². The van der Waals surface area contributed by atoms with E-state index in [0.29, 0.717) is 23.7 Å². The molecule has 0 aromatic carbocycles. The van der Waals surface area contributed by atoms with Crippen LogP contribution in [0.1, 0.15) is 34.8 Å². The first kappa shape index (κ1) is 13.8. The number of carbonyl (C=O) groups excluding carboxylic acids is 1. The van der Waals surface area contributed by atoms with Crippen LogP contribution in [0.5, 0.6) is 0 Å². The Bertz CT molecular complexity index is 629. The number of anilines is 1. The van der Waals surface area contributed by atoms with E-state index in [1.807, 2.05) is 33.8 Å². The number of rotatable bonds is 3. The van der Waals surface area contributed by atoms with Crippen molar-refractivity contribution in [2.75, 3.05) is 18.8 Å². The van der Waals surface area contributed by atoms with Gasteiger partial charge < -0.3 is 10.6 Å². The molecule has 2 heterocycles. The first-order chi connectivity index (χ1) is 8.99. The fraction of sp³-hybridized carbons (Fsp3) is 0.429. The molecule has 102 valence electrons. The van der Waals surface area contributed by atoms with Crippen molar-refractivity contribution < 1.29 is 4.79 Å². The van der Waals surface area contributed by atoms with Crippen LogP contribution in [0.3, 0.4) is 0 Å². The average Bonchev–Trinajstić information content (AvgIpc) is 2.67. The fourth-order valence-corrected chi connectivity index (χ4v) is 3.47. The van der Waals surface area contributed by atoms with Gasteiger partial charge in [-0.3, -0.25) is 4.79 Å². The van der Waals surface area contributed by atoms with E-state index in [1.165, 1.54) is 11.3 Å². The normalized spacial score (nSPS) is 10.9. The number of hydrogen-bond donors (Lipinski definition) is 1. The Morgan fingerprint density at radius 2 is 2.00 bits per heavy atom. The van der Waals surface area contributed by atoms with Crippen LogP contribution in [0.4, 0.5) is 5.69 Å². The van der Waals surface area contributed by atoms with Crippen LogP contribution in [0.2, 0.25) is 0 Å². The molecule has 0 aliphatic carbocycles. The number of amides is 1. The van der Waals surface area contributed by atoms with Gasteiger partial charge in [0.05, 0.1) is 5.69 Å². The van der Waals surface area contributed by atoms with Crippen molar-refractivity contribution in [3.63, 3.8) is 0 Å². The topological polar surface area (TPSA) is 59.2 Å². The van der Waals surface area contributed by atoms with Gasteiger partial charge in [0, 0.05) is 24.2 Å². The number of nitrogen functional groups attached to an aromatic ring is 1. The lowest BCUT2D eigenvalue weighted by atomic mass is 10.1. The van der Waals surface area contributed by atoms with Gasteiger partial charge in [0.1, 0.15) is 9.71 Å². The number of aryl methyl sites for hydroxylation is 2. The van der Waals surface area contributed by atoms with Crippen LogP contribution in [0, 0.1) is 13.8 Å². The van der Waals surface area contributed by atoms with Gasteiger partial charge in [-0.15, -0.1) is 11.3 Å². The smallest absolute Gasteiger partial charge is 0.266 e. The van der Waals surface area contributed by atoms with Crippen LogP contribution < -0.4 is 5.73 Å². The Hall–Kier alpha value is -1.62. The number of carbonyl (C=O) groups is 1. The second-order valence-electron chi connectivity index (χ2n) is 4.58. The summed E-state index contributed by atoms with van der Waals surface area (Å²) in [6.45, 7) is 9.28. The average molecular weight is 277 g/mol. The minimum Gasteiger partial charge on any atom is -0.397 e. The summed E-state index contributed by atoms with van der Waals surface area (Å²) in [6, 6.07) is 2.00. The monoisotopic (exact) mass is 277 g/mol. The van der Waals surface area contributed by atoms with Crippen molar-refractivity contribution in [1.29, 1.82) is 0 Å². The SMILES string of the molecule is CCN(CC)C(=O)c1sc2nc(C)cc(C)c2c1N. The maximum Gasteiger partial charge on any atom is 0.266 e. The molecule has 0 unspecified atom stereocenters. The summed E-state index contributed by atoms with van der Waals surface area (Å²) in [4.78, 5) is 20.1. The molecule has 0 aliphatic rings. The Labute approximate surface area is 117 Å². The molecule has 5 heteroatoms. The van der Waals surface area contributed by atoms with Gasteiger partial charge in [-0.2, -0.15) is 0 Å². The largest absolute Gasteiger partial charge is 0.397 e. The highest BCUT2D eigenvalue weighted by Gasteiger charge is 2.21. The van der Waals surface area contributed by atoms with Crippen molar-refractivity contribution in [2.45, 2.75) is 27.7 Å². The zero-order chi connectivity index (χ0) is 14.2. The molecular formula is C14H19N3OS. The fourth-order valence-electron chi connectivity index (χ4n) is 2.28. The van der Waals surface area contributed by atoms with E-state index in [-0.39, 0.29) is 5.91 Å². The van der Waals surface area contributed by atoms with Crippen LogP contribution in [0.25, 0.3) is 10.2 Å². The van der Waals surface area contributed by atoms with E-state index >= 15 is 0 Å². The number of nitrogens with zero attached hydrogens (tertiary/aromatic N) is 2. The molecule has 0 bridgehead atoms. The molecule has 0 spiro atoms. The highest BCUT2D eigenvalue weighted by molar-refractivity contribution is 7.21. The lowest BCUT2D eigenvalue weighted by Gasteiger charge is -2.17. The van der Waals surface area contributed by atoms with Crippen molar-refractivity contribution >= 4 is 33.1 Å². The summed E-state index contributed by atoms with van der Waals surface area (Å²) in [7, 11) is 0. The minimum atomic E-state index is 0.00236. The van der Waals surface area contributed by atoms with E-state index < -0.39 is 0 Å². The Balaban J connectivity index is 2.60. The number of nitrogens with two attached hydrogens (primary N) is 1. The zero-order valence-electron chi connectivity index (χ0n) is 11.8. The standard InChI is InChI=1S/C14H19N3OS/c1-5-17(6-2)14(18)12-11(15)10-8(3)7-9(4)16-13(10)19-12/h7H,5-6,15H2,1-4H3. The molecule has 2 rings (SSSR count). The molecule has 0 aliphatic heterocycles. The third kappa shape index (κ3) is 2.30. The number of hydrogen-bond acceptors (Lipinski definition) is 4. The van der Waals surface area contributed by atoms with E-state index in [9.17, 15) is 4.79 Å². The lowest BCUT2D eigenvalue weighted by Crippen LogP contribution is -2.30. The van der Waals surface area contributed by atoms with Gasteiger partial charge in [-0.05, 0) is 39.3 Å². The summed E-state index contributed by atoms with van der Waals surface area (Å²) >= 11 is 1.39. The molecule has 0 saturated carbocycles. The molecule has 0 atom stereocenters. The summed E-state index contributed by atoms with van der Waals surface area (Å²) in [6.07, 6.45) is 0. The second kappa shape index (κ2) is 5.17. The van der Waals surface area contributed by atoms with Crippen LogP contribution in [-0.4, -0.2) is 28.9 Å². The summed E-state index contributed by atoms with van der Waals surface area (Å²) in [5, 5.41) is 0.922. The van der Waals surface area contributed by atoms with Crippen LogP contribution in [0.15, 0.2) is 6.07 Å². The molecule has 4 nitrogen and oxygen atoms in total. The number of aromatic nitrogens is 1. The summed E-state index contributed by atoms with van der Waals surface area (Å²) in [5.41, 5.74) is 8.76.